The maximum atomic E-state index is 11.3. The third-order valence-electron chi connectivity index (χ3n) is 2.19. The lowest BCUT2D eigenvalue weighted by Gasteiger charge is -2.28. The molecule has 0 bridgehead atoms. The first-order chi connectivity index (χ1) is 5.50. The van der Waals surface area contributed by atoms with Gasteiger partial charge in [0.15, 0.2) is 0 Å². The first-order valence-electron chi connectivity index (χ1n) is 3.88. The molecule has 0 aromatic rings. The van der Waals surface area contributed by atoms with E-state index in [1.54, 1.807) is 20.2 Å². The molecule has 1 aliphatic rings. The second-order valence-corrected chi connectivity index (χ2v) is 3.35. The average molecular weight is 170 g/mol. The van der Waals surface area contributed by atoms with E-state index in [9.17, 15) is 10.0 Å². The highest BCUT2D eigenvalue weighted by atomic mass is 16.5. The van der Waals surface area contributed by atoms with Crippen LogP contribution in [0.3, 0.4) is 0 Å². The minimum Gasteiger partial charge on any atom is -0.357 e. The predicted octanol–water partition coefficient (Wildman–Crippen LogP) is 0.490. The molecule has 0 aromatic carbocycles. The van der Waals surface area contributed by atoms with Crippen molar-refractivity contribution in [2.45, 2.75) is 25.8 Å². The molecule has 1 aliphatic heterocycles. The first kappa shape index (κ1) is 9.06. The quantitative estimate of drug-likeness (QED) is 0.602. The summed E-state index contributed by atoms with van der Waals surface area (Å²) in [5.41, 5.74) is 0.183. The fourth-order valence-electron chi connectivity index (χ4n) is 1.47. The topological polar surface area (TPSA) is 52.6 Å². The van der Waals surface area contributed by atoms with E-state index < -0.39 is 5.54 Å². The van der Waals surface area contributed by atoms with Crippen LogP contribution >= 0.6 is 0 Å². The molecule has 1 rings (SSSR count). The predicted molar refractivity (Wildman–Crippen MR) is 44.5 cm³/mol. The molecule has 12 heavy (non-hydrogen) atoms. The van der Waals surface area contributed by atoms with Gasteiger partial charge in [0.2, 0.25) is 5.91 Å². The van der Waals surface area contributed by atoms with Crippen LogP contribution in [0.1, 0.15) is 20.3 Å². The lowest BCUT2D eigenvalue weighted by atomic mass is 9.96. The summed E-state index contributed by atoms with van der Waals surface area (Å²) in [6.07, 6.45) is 2.15. The largest absolute Gasteiger partial charge is 0.357 e. The van der Waals surface area contributed by atoms with Crippen LogP contribution in [-0.2, 0) is 4.79 Å². The summed E-state index contributed by atoms with van der Waals surface area (Å²) < 4.78 is 0. The van der Waals surface area contributed by atoms with Crippen LogP contribution in [0.5, 0.6) is 0 Å². The molecule has 1 amide bonds. The molecular weight excluding hydrogens is 156 g/mol. The molecule has 0 spiro atoms. The summed E-state index contributed by atoms with van der Waals surface area (Å²) in [6.45, 7) is 3.59. The van der Waals surface area contributed by atoms with Crippen molar-refractivity contribution in [2.24, 2.45) is 0 Å². The zero-order valence-electron chi connectivity index (χ0n) is 7.59. The van der Waals surface area contributed by atoms with Gasteiger partial charge in [0, 0.05) is 19.7 Å². The lowest BCUT2D eigenvalue weighted by molar-refractivity contribution is -0.154. The van der Waals surface area contributed by atoms with Gasteiger partial charge in [-0.05, 0) is 13.8 Å². The lowest BCUT2D eigenvalue weighted by Crippen LogP contribution is -2.50. The molecular formula is C8H14N2O2. The molecule has 1 unspecified atom stereocenters. The molecule has 0 saturated carbocycles. The highest BCUT2D eigenvalue weighted by Crippen LogP contribution is 2.29. The molecule has 0 radical (unpaired) electrons. The number of carbonyl (C=O) groups excluding carboxylic acids is 1. The number of nitrogens with zero attached hydrogens (tertiary/aromatic N) is 1. The Bertz CT molecular complexity index is 237. The van der Waals surface area contributed by atoms with Crippen LogP contribution in [0, 0.1) is 0 Å². The number of carbonyl (C=O) groups is 1. The van der Waals surface area contributed by atoms with Gasteiger partial charge in [-0.25, -0.2) is 5.06 Å². The highest BCUT2D eigenvalue weighted by molar-refractivity contribution is 5.86. The third-order valence-corrected chi connectivity index (χ3v) is 2.19. The molecule has 0 saturated heterocycles. The zero-order valence-corrected chi connectivity index (χ0v) is 7.59. The Balaban J connectivity index is 2.83. The van der Waals surface area contributed by atoms with E-state index in [1.165, 1.54) is 0 Å². The van der Waals surface area contributed by atoms with Gasteiger partial charge in [-0.2, -0.15) is 0 Å². The molecule has 0 aliphatic carbocycles. The van der Waals surface area contributed by atoms with Crippen LogP contribution in [0.25, 0.3) is 0 Å². The SMILES string of the molecule is CNC(=O)C1(C)CC(C)=CN1O. The Morgan fingerprint density at radius 2 is 2.42 bits per heavy atom. The number of hydroxylamine groups is 2. The molecule has 0 fully saturated rings. The fourth-order valence-corrected chi connectivity index (χ4v) is 1.47. The van der Waals surface area contributed by atoms with Crippen molar-refractivity contribution in [3.8, 4) is 0 Å². The van der Waals surface area contributed by atoms with Gasteiger partial charge in [-0.1, -0.05) is 5.57 Å². The monoisotopic (exact) mass is 170 g/mol. The van der Waals surface area contributed by atoms with Crippen LogP contribution in [0.15, 0.2) is 11.8 Å². The van der Waals surface area contributed by atoms with Crippen LogP contribution in [0.4, 0.5) is 0 Å². The minimum absolute atomic E-state index is 0.168. The van der Waals surface area contributed by atoms with Gasteiger partial charge in [0.05, 0.1) is 0 Å². The second kappa shape index (κ2) is 2.79. The summed E-state index contributed by atoms with van der Waals surface area (Å²) in [7, 11) is 1.56. The van der Waals surface area contributed by atoms with Crippen molar-refractivity contribution in [1.82, 2.24) is 10.4 Å². The first-order valence-corrected chi connectivity index (χ1v) is 3.88. The molecule has 2 N–H and O–H groups in total. The fraction of sp³-hybridized carbons (Fsp3) is 0.625. The van der Waals surface area contributed by atoms with Crippen molar-refractivity contribution < 1.29 is 10.0 Å². The summed E-state index contributed by atoms with van der Waals surface area (Å²) in [4.78, 5) is 11.3. The second-order valence-electron chi connectivity index (χ2n) is 3.35. The van der Waals surface area contributed by atoms with Crippen molar-refractivity contribution in [3.05, 3.63) is 11.8 Å². The van der Waals surface area contributed by atoms with Crippen LogP contribution in [-0.4, -0.2) is 28.8 Å². The Morgan fingerprint density at radius 1 is 1.83 bits per heavy atom. The van der Waals surface area contributed by atoms with Crippen molar-refractivity contribution in [2.75, 3.05) is 7.05 Å². The van der Waals surface area contributed by atoms with Crippen molar-refractivity contribution in [1.29, 1.82) is 0 Å². The summed E-state index contributed by atoms with van der Waals surface area (Å²) in [5, 5.41) is 12.9. The smallest absolute Gasteiger partial charge is 0.248 e. The Morgan fingerprint density at radius 3 is 2.75 bits per heavy atom. The average Bonchev–Trinajstić information content (AvgIpc) is 2.26. The van der Waals surface area contributed by atoms with Crippen molar-refractivity contribution >= 4 is 5.91 Å². The van der Waals surface area contributed by atoms with E-state index in [2.05, 4.69) is 5.32 Å². The van der Waals surface area contributed by atoms with Gasteiger partial charge < -0.3 is 5.32 Å². The number of nitrogens with one attached hydrogen (secondary N) is 1. The summed E-state index contributed by atoms with van der Waals surface area (Å²) in [6, 6.07) is 0. The standard InChI is InChI=1S/C8H14N2O2/c1-6-4-8(2,7(11)9-3)10(12)5-6/h5,12H,4H2,1-3H3,(H,9,11). The van der Waals surface area contributed by atoms with Gasteiger partial charge in [-0.3, -0.25) is 10.0 Å². The van der Waals surface area contributed by atoms with E-state index in [0.717, 1.165) is 10.6 Å². The minimum atomic E-state index is -0.821. The molecule has 4 nitrogen and oxygen atoms in total. The van der Waals surface area contributed by atoms with Gasteiger partial charge in [0.1, 0.15) is 5.54 Å². The summed E-state index contributed by atoms with van der Waals surface area (Å²) >= 11 is 0. The molecule has 1 heterocycles. The molecule has 1 atom stereocenters. The number of amides is 1. The number of rotatable bonds is 1. The molecule has 68 valence electrons. The normalized spacial score (nSPS) is 28.7. The van der Waals surface area contributed by atoms with Gasteiger partial charge >= 0.3 is 0 Å². The van der Waals surface area contributed by atoms with Gasteiger partial charge in [-0.15, -0.1) is 0 Å². The van der Waals surface area contributed by atoms with Crippen LogP contribution < -0.4 is 5.32 Å². The van der Waals surface area contributed by atoms with E-state index in [4.69, 9.17) is 0 Å². The van der Waals surface area contributed by atoms with E-state index in [-0.39, 0.29) is 5.91 Å². The summed E-state index contributed by atoms with van der Waals surface area (Å²) in [5.74, 6) is -0.168. The Hall–Kier alpha value is -1.03. The number of hydrogen-bond acceptors (Lipinski definition) is 3. The Kier molecular flexibility index (Phi) is 2.10. The third kappa shape index (κ3) is 1.18. The molecule has 0 aromatic heterocycles. The molecule has 4 heteroatoms. The van der Waals surface area contributed by atoms with E-state index in [0.29, 0.717) is 6.42 Å². The zero-order chi connectivity index (χ0) is 9.35. The maximum absolute atomic E-state index is 11.3. The number of likely N-dealkylation sites (N-methyl/N-ethyl adjacent to an activating group) is 1. The van der Waals surface area contributed by atoms with E-state index >= 15 is 0 Å². The maximum Gasteiger partial charge on any atom is 0.248 e. The number of hydrogen-bond donors (Lipinski definition) is 2. The van der Waals surface area contributed by atoms with Crippen LogP contribution in [0.2, 0.25) is 0 Å². The highest BCUT2D eigenvalue weighted by Gasteiger charge is 2.41. The van der Waals surface area contributed by atoms with E-state index in [1.807, 2.05) is 6.92 Å². The van der Waals surface area contributed by atoms with Crippen molar-refractivity contribution in [3.63, 3.8) is 0 Å². The van der Waals surface area contributed by atoms with Gasteiger partial charge in [0.25, 0.3) is 0 Å². The Labute approximate surface area is 71.8 Å².